The minimum atomic E-state index is -0.648. The summed E-state index contributed by atoms with van der Waals surface area (Å²) in [6.45, 7) is 1.56. The number of hydrogen-bond donors (Lipinski definition) is 1. The Labute approximate surface area is 113 Å². The van der Waals surface area contributed by atoms with Crippen LogP contribution in [-0.2, 0) is 0 Å². The molecule has 2 heterocycles. The topological polar surface area (TPSA) is 111 Å². The smallest absolute Gasteiger partial charge is 0.399 e. The highest BCUT2D eigenvalue weighted by Crippen LogP contribution is 2.16. The van der Waals surface area contributed by atoms with Gasteiger partial charge in [0.2, 0.25) is 0 Å². The molecule has 0 fully saturated rings. The van der Waals surface area contributed by atoms with Gasteiger partial charge in [-0.1, -0.05) is 0 Å². The van der Waals surface area contributed by atoms with Crippen LogP contribution in [0.5, 0.6) is 0 Å². The molecular weight excluding hydrogens is 264 g/mol. The van der Waals surface area contributed by atoms with Gasteiger partial charge in [0, 0.05) is 12.4 Å². The van der Waals surface area contributed by atoms with Crippen LogP contribution in [0.1, 0.15) is 23.0 Å². The number of carbonyl (C=O) groups is 1. The van der Waals surface area contributed by atoms with E-state index in [1.165, 1.54) is 18.3 Å². The molecule has 8 nitrogen and oxygen atoms in total. The van der Waals surface area contributed by atoms with E-state index in [0.29, 0.717) is 11.3 Å². The van der Waals surface area contributed by atoms with Crippen LogP contribution in [0.4, 0.5) is 5.88 Å². The van der Waals surface area contributed by atoms with Crippen molar-refractivity contribution in [2.45, 2.75) is 6.92 Å². The van der Waals surface area contributed by atoms with Gasteiger partial charge < -0.3 is 4.42 Å². The average Bonchev–Trinajstić information content (AvgIpc) is 2.95. The Morgan fingerprint density at radius 3 is 2.85 bits per heavy atom. The fourth-order valence-corrected chi connectivity index (χ4v) is 1.37. The third kappa shape index (κ3) is 3.05. The molecule has 102 valence electrons. The summed E-state index contributed by atoms with van der Waals surface area (Å²) in [5.74, 6) is -0.602. The molecule has 20 heavy (non-hydrogen) atoms. The monoisotopic (exact) mass is 274 g/mol. The SMILES string of the molecule is C/C(=N/NC(=O)c1cccnc1)c1ccc([N+](=O)[O-])o1. The van der Waals surface area contributed by atoms with E-state index in [4.69, 9.17) is 4.42 Å². The molecule has 0 bridgehead atoms. The number of aromatic nitrogens is 1. The Hall–Kier alpha value is -3.03. The van der Waals surface area contributed by atoms with Gasteiger partial charge in [0.1, 0.15) is 10.6 Å². The summed E-state index contributed by atoms with van der Waals surface area (Å²) < 4.78 is 4.95. The molecule has 0 aliphatic heterocycles. The van der Waals surface area contributed by atoms with Gasteiger partial charge >= 0.3 is 5.88 Å². The van der Waals surface area contributed by atoms with Crippen LogP contribution in [0.15, 0.2) is 46.2 Å². The number of hydrazone groups is 1. The minimum absolute atomic E-state index is 0.211. The Balaban J connectivity index is 2.07. The van der Waals surface area contributed by atoms with E-state index in [-0.39, 0.29) is 11.6 Å². The zero-order valence-electron chi connectivity index (χ0n) is 10.4. The normalized spacial score (nSPS) is 11.2. The van der Waals surface area contributed by atoms with Crippen molar-refractivity contribution < 1.29 is 14.1 Å². The number of furan rings is 1. The average molecular weight is 274 g/mol. The highest BCUT2D eigenvalue weighted by atomic mass is 16.6. The summed E-state index contributed by atoms with van der Waals surface area (Å²) in [7, 11) is 0. The lowest BCUT2D eigenvalue weighted by Gasteiger charge is -2.00. The van der Waals surface area contributed by atoms with E-state index in [0.717, 1.165) is 0 Å². The van der Waals surface area contributed by atoms with E-state index >= 15 is 0 Å². The van der Waals surface area contributed by atoms with Crippen LogP contribution in [0.3, 0.4) is 0 Å². The van der Waals surface area contributed by atoms with Crippen molar-refractivity contribution in [3.05, 3.63) is 58.1 Å². The van der Waals surface area contributed by atoms with E-state index in [2.05, 4.69) is 15.5 Å². The molecule has 0 aliphatic rings. The fraction of sp³-hybridized carbons (Fsp3) is 0.0833. The van der Waals surface area contributed by atoms with E-state index in [9.17, 15) is 14.9 Å². The van der Waals surface area contributed by atoms with Crippen molar-refractivity contribution in [2.24, 2.45) is 5.10 Å². The third-order valence-electron chi connectivity index (χ3n) is 2.38. The second-order valence-electron chi connectivity index (χ2n) is 3.77. The van der Waals surface area contributed by atoms with E-state index in [1.807, 2.05) is 0 Å². The van der Waals surface area contributed by atoms with E-state index in [1.54, 1.807) is 25.3 Å². The van der Waals surface area contributed by atoms with Crippen LogP contribution in [-0.4, -0.2) is 21.5 Å². The highest BCUT2D eigenvalue weighted by molar-refractivity contribution is 5.99. The first-order valence-corrected chi connectivity index (χ1v) is 5.57. The zero-order chi connectivity index (χ0) is 14.5. The number of rotatable bonds is 4. The Morgan fingerprint density at radius 1 is 1.45 bits per heavy atom. The standard InChI is InChI=1S/C12H10N4O4/c1-8(10-4-5-11(20-10)16(18)19)14-15-12(17)9-3-2-6-13-7-9/h2-7H,1H3,(H,15,17)/b14-8-. The maximum Gasteiger partial charge on any atom is 0.433 e. The molecule has 0 aliphatic carbocycles. The van der Waals surface area contributed by atoms with Crippen molar-refractivity contribution in [1.82, 2.24) is 10.4 Å². The summed E-state index contributed by atoms with van der Waals surface area (Å²) >= 11 is 0. The number of hydrogen-bond acceptors (Lipinski definition) is 6. The number of carbonyl (C=O) groups excluding carboxylic acids is 1. The molecule has 1 amide bonds. The summed E-state index contributed by atoms with van der Waals surface area (Å²) in [6.07, 6.45) is 2.95. The number of amides is 1. The van der Waals surface area contributed by atoms with Gasteiger partial charge in [0.25, 0.3) is 5.91 Å². The molecule has 0 radical (unpaired) electrons. The van der Waals surface area contributed by atoms with Crippen molar-refractivity contribution in [2.75, 3.05) is 0 Å². The van der Waals surface area contributed by atoms with Crippen molar-refractivity contribution in [1.29, 1.82) is 0 Å². The molecule has 1 N–H and O–H groups in total. The summed E-state index contributed by atoms with van der Waals surface area (Å²) in [5, 5.41) is 14.3. The van der Waals surface area contributed by atoms with Crippen LogP contribution >= 0.6 is 0 Å². The number of pyridine rings is 1. The molecule has 2 aromatic heterocycles. The first kappa shape index (κ1) is 13.4. The second kappa shape index (κ2) is 5.74. The molecule has 2 rings (SSSR count). The number of nitro groups is 1. The molecule has 0 saturated carbocycles. The van der Waals surface area contributed by atoms with Gasteiger partial charge in [-0.2, -0.15) is 5.10 Å². The van der Waals surface area contributed by atoms with Gasteiger partial charge in [-0.05, 0) is 25.1 Å². The first-order valence-electron chi connectivity index (χ1n) is 5.57. The lowest BCUT2D eigenvalue weighted by Crippen LogP contribution is -2.19. The van der Waals surface area contributed by atoms with Crippen LogP contribution < -0.4 is 5.43 Å². The highest BCUT2D eigenvalue weighted by Gasteiger charge is 2.13. The van der Waals surface area contributed by atoms with Crippen molar-refractivity contribution in [3.63, 3.8) is 0 Å². The molecule has 0 saturated heterocycles. The second-order valence-corrected chi connectivity index (χ2v) is 3.77. The number of nitrogens with one attached hydrogen (secondary N) is 1. The van der Waals surface area contributed by atoms with E-state index < -0.39 is 10.8 Å². The first-order chi connectivity index (χ1) is 9.58. The molecule has 0 spiro atoms. The summed E-state index contributed by atoms with van der Waals surface area (Å²) in [5.41, 5.74) is 2.99. The Kier molecular flexibility index (Phi) is 3.85. The Morgan fingerprint density at radius 2 is 2.25 bits per heavy atom. The molecule has 8 heteroatoms. The van der Waals surface area contributed by atoms with Gasteiger partial charge in [-0.3, -0.25) is 19.9 Å². The van der Waals surface area contributed by atoms with Crippen molar-refractivity contribution >= 4 is 17.5 Å². The van der Waals surface area contributed by atoms with Gasteiger partial charge in [-0.25, -0.2) is 5.43 Å². The van der Waals surface area contributed by atoms with Gasteiger partial charge in [-0.15, -0.1) is 0 Å². The molecule has 0 aromatic carbocycles. The van der Waals surface area contributed by atoms with Gasteiger partial charge in [0.15, 0.2) is 5.76 Å². The van der Waals surface area contributed by atoms with Crippen LogP contribution in [0.2, 0.25) is 0 Å². The third-order valence-corrected chi connectivity index (χ3v) is 2.38. The molecule has 0 atom stereocenters. The minimum Gasteiger partial charge on any atom is -0.399 e. The lowest BCUT2D eigenvalue weighted by molar-refractivity contribution is -0.402. The predicted molar refractivity (Wildman–Crippen MR) is 69.3 cm³/mol. The fourth-order valence-electron chi connectivity index (χ4n) is 1.37. The largest absolute Gasteiger partial charge is 0.433 e. The lowest BCUT2D eigenvalue weighted by atomic mass is 10.3. The quantitative estimate of drug-likeness (QED) is 0.518. The Bertz CT molecular complexity index is 663. The molecule has 0 unspecified atom stereocenters. The van der Waals surface area contributed by atoms with Crippen molar-refractivity contribution in [3.8, 4) is 0 Å². The van der Waals surface area contributed by atoms with Crippen LogP contribution in [0, 0.1) is 10.1 Å². The zero-order valence-corrected chi connectivity index (χ0v) is 10.4. The summed E-state index contributed by atoms with van der Waals surface area (Å²) in [4.78, 5) is 25.3. The van der Waals surface area contributed by atoms with Crippen LogP contribution in [0.25, 0.3) is 0 Å². The molecule has 2 aromatic rings. The number of nitrogens with zero attached hydrogens (tertiary/aromatic N) is 3. The van der Waals surface area contributed by atoms with Gasteiger partial charge in [0.05, 0.1) is 11.6 Å². The maximum atomic E-state index is 11.7. The summed E-state index contributed by atoms with van der Waals surface area (Å²) in [6, 6.07) is 5.84. The predicted octanol–water partition coefficient (Wildman–Crippen LogP) is 1.74. The maximum absolute atomic E-state index is 11.7. The molecular formula is C12H10N4O4.